The number of pyridine rings is 1. The highest BCUT2D eigenvalue weighted by molar-refractivity contribution is 5.30. The lowest BCUT2D eigenvalue weighted by molar-refractivity contribution is 0.548. The van der Waals surface area contributed by atoms with Gasteiger partial charge in [-0.1, -0.05) is 13.8 Å². The lowest BCUT2D eigenvalue weighted by atomic mass is 10.1. The van der Waals surface area contributed by atoms with E-state index in [-0.39, 0.29) is 5.56 Å². The fourth-order valence-electron chi connectivity index (χ4n) is 2.52. The van der Waals surface area contributed by atoms with Crippen LogP contribution in [0.4, 0.5) is 0 Å². The molecule has 1 heterocycles. The molecule has 0 aliphatic heterocycles. The Morgan fingerprint density at radius 3 is 2.88 bits per heavy atom. The van der Waals surface area contributed by atoms with E-state index in [4.69, 9.17) is 0 Å². The number of rotatable bonds is 4. The largest absolute Gasteiger partial charge is 0.315 e. The van der Waals surface area contributed by atoms with Crippen molar-refractivity contribution in [2.75, 3.05) is 6.54 Å². The molecule has 1 aromatic heterocycles. The summed E-state index contributed by atoms with van der Waals surface area (Å²) in [6.45, 7) is 6.00. The van der Waals surface area contributed by atoms with Gasteiger partial charge in [-0.2, -0.15) is 0 Å². The number of nitrogens with zero attached hydrogens (tertiary/aromatic N) is 1. The molecule has 17 heavy (non-hydrogen) atoms. The summed E-state index contributed by atoms with van der Waals surface area (Å²) in [4.78, 5) is 12.1. The number of fused-ring (bicyclic) bond motifs is 1. The van der Waals surface area contributed by atoms with Gasteiger partial charge in [0.1, 0.15) is 0 Å². The Balaban J connectivity index is 2.18. The van der Waals surface area contributed by atoms with Gasteiger partial charge in [-0.3, -0.25) is 4.79 Å². The van der Waals surface area contributed by atoms with Crippen molar-refractivity contribution < 1.29 is 0 Å². The summed E-state index contributed by atoms with van der Waals surface area (Å²) in [5, 5.41) is 3.35. The van der Waals surface area contributed by atoms with E-state index in [9.17, 15) is 4.79 Å². The van der Waals surface area contributed by atoms with Crippen LogP contribution in [0, 0.1) is 5.92 Å². The number of hydrogen-bond acceptors (Lipinski definition) is 2. The Morgan fingerprint density at radius 1 is 1.41 bits per heavy atom. The van der Waals surface area contributed by atoms with E-state index in [1.807, 2.05) is 11.6 Å². The highest BCUT2D eigenvalue weighted by atomic mass is 16.1. The molecule has 0 spiro atoms. The van der Waals surface area contributed by atoms with Gasteiger partial charge in [-0.05, 0) is 43.4 Å². The monoisotopic (exact) mass is 234 g/mol. The first-order chi connectivity index (χ1) is 8.09. The molecular weight excluding hydrogens is 212 g/mol. The van der Waals surface area contributed by atoms with Crippen molar-refractivity contribution in [1.29, 1.82) is 0 Å². The van der Waals surface area contributed by atoms with Gasteiger partial charge in [0.15, 0.2) is 0 Å². The van der Waals surface area contributed by atoms with Crippen LogP contribution in [0.2, 0.25) is 0 Å². The molecule has 1 aliphatic rings. The number of aryl methyl sites for hydroxylation is 1. The van der Waals surface area contributed by atoms with E-state index < -0.39 is 0 Å². The fraction of sp³-hybridized carbons (Fsp3) is 0.643. The van der Waals surface area contributed by atoms with Crippen LogP contribution in [-0.4, -0.2) is 11.1 Å². The van der Waals surface area contributed by atoms with Crippen molar-refractivity contribution in [2.24, 2.45) is 13.0 Å². The zero-order chi connectivity index (χ0) is 12.4. The number of nitrogens with one attached hydrogen (secondary N) is 1. The first-order valence-electron chi connectivity index (χ1n) is 6.51. The highest BCUT2D eigenvalue weighted by Crippen LogP contribution is 2.20. The maximum absolute atomic E-state index is 12.1. The standard InChI is InChI=1S/C14H22N2O/c1-10(2)8-15-9-12-7-11-5-4-6-13(11)16(3)14(12)17/h7,10,15H,4-6,8-9H2,1-3H3. The SMILES string of the molecule is CC(C)CNCc1cc2c(n(C)c1=O)CCC2. The molecule has 0 fully saturated rings. The third-order valence-corrected chi connectivity index (χ3v) is 3.43. The molecule has 0 saturated heterocycles. The first kappa shape index (κ1) is 12.4. The topological polar surface area (TPSA) is 34.0 Å². The van der Waals surface area contributed by atoms with Crippen molar-refractivity contribution in [2.45, 2.75) is 39.7 Å². The molecule has 94 valence electrons. The second-order valence-corrected chi connectivity index (χ2v) is 5.38. The Kier molecular flexibility index (Phi) is 3.67. The molecular formula is C14H22N2O. The molecule has 0 radical (unpaired) electrons. The molecule has 1 aromatic rings. The van der Waals surface area contributed by atoms with E-state index in [1.165, 1.54) is 17.7 Å². The molecule has 0 amide bonds. The molecule has 3 heteroatoms. The van der Waals surface area contributed by atoms with Gasteiger partial charge in [0.05, 0.1) is 0 Å². The first-order valence-corrected chi connectivity index (χ1v) is 6.51. The quantitative estimate of drug-likeness (QED) is 0.859. The van der Waals surface area contributed by atoms with Crippen molar-refractivity contribution in [1.82, 2.24) is 9.88 Å². The average molecular weight is 234 g/mol. The van der Waals surface area contributed by atoms with E-state index in [1.54, 1.807) is 0 Å². The summed E-state index contributed by atoms with van der Waals surface area (Å²) >= 11 is 0. The third-order valence-electron chi connectivity index (χ3n) is 3.43. The van der Waals surface area contributed by atoms with Crippen LogP contribution in [0.25, 0.3) is 0 Å². The van der Waals surface area contributed by atoms with Crippen LogP contribution in [0.3, 0.4) is 0 Å². The Morgan fingerprint density at radius 2 is 2.18 bits per heavy atom. The minimum Gasteiger partial charge on any atom is -0.315 e. The molecule has 0 aromatic carbocycles. The van der Waals surface area contributed by atoms with Crippen molar-refractivity contribution >= 4 is 0 Å². The summed E-state index contributed by atoms with van der Waals surface area (Å²) in [6, 6.07) is 2.11. The minimum atomic E-state index is 0.168. The summed E-state index contributed by atoms with van der Waals surface area (Å²) in [6.07, 6.45) is 3.37. The van der Waals surface area contributed by atoms with Crippen LogP contribution in [0.15, 0.2) is 10.9 Å². The molecule has 3 nitrogen and oxygen atoms in total. The van der Waals surface area contributed by atoms with Crippen molar-refractivity contribution in [3.8, 4) is 0 Å². The third kappa shape index (κ3) is 2.60. The number of hydrogen-bond donors (Lipinski definition) is 1. The summed E-state index contributed by atoms with van der Waals surface area (Å²) in [5.41, 5.74) is 3.69. The molecule has 0 saturated carbocycles. The van der Waals surface area contributed by atoms with Crippen LogP contribution in [-0.2, 0) is 26.4 Å². The minimum absolute atomic E-state index is 0.168. The van der Waals surface area contributed by atoms with Gasteiger partial charge in [-0.25, -0.2) is 0 Å². The second-order valence-electron chi connectivity index (χ2n) is 5.38. The lowest BCUT2D eigenvalue weighted by Gasteiger charge is -2.11. The summed E-state index contributed by atoms with van der Waals surface area (Å²) < 4.78 is 1.84. The Labute approximate surface area is 103 Å². The van der Waals surface area contributed by atoms with E-state index in [0.29, 0.717) is 12.5 Å². The van der Waals surface area contributed by atoms with E-state index in [0.717, 1.165) is 24.9 Å². The molecule has 2 rings (SSSR count). The molecule has 1 N–H and O–H groups in total. The summed E-state index contributed by atoms with van der Waals surface area (Å²) in [7, 11) is 1.90. The summed E-state index contributed by atoms with van der Waals surface area (Å²) in [5.74, 6) is 0.619. The van der Waals surface area contributed by atoms with Crippen molar-refractivity contribution in [3.05, 3.63) is 33.2 Å². The zero-order valence-corrected chi connectivity index (χ0v) is 11.0. The number of aromatic nitrogens is 1. The van der Waals surface area contributed by atoms with Crippen LogP contribution in [0.5, 0.6) is 0 Å². The second kappa shape index (κ2) is 5.05. The zero-order valence-electron chi connectivity index (χ0n) is 11.0. The predicted molar refractivity (Wildman–Crippen MR) is 70.3 cm³/mol. The lowest BCUT2D eigenvalue weighted by Crippen LogP contribution is -2.29. The molecule has 0 bridgehead atoms. The maximum Gasteiger partial charge on any atom is 0.255 e. The van der Waals surface area contributed by atoms with E-state index >= 15 is 0 Å². The van der Waals surface area contributed by atoms with Gasteiger partial charge in [0, 0.05) is 24.8 Å². The van der Waals surface area contributed by atoms with Gasteiger partial charge >= 0.3 is 0 Å². The average Bonchev–Trinajstić information content (AvgIpc) is 2.72. The van der Waals surface area contributed by atoms with Gasteiger partial charge in [-0.15, -0.1) is 0 Å². The maximum atomic E-state index is 12.1. The van der Waals surface area contributed by atoms with Crippen LogP contribution in [0.1, 0.15) is 37.1 Å². The smallest absolute Gasteiger partial charge is 0.255 e. The Hall–Kier alpha value is -1.09. The molecule has 0 atom stereocenters. The highest BCUT2D eigenvalue weighted by Gasteiger charge is 2.16. The van der Waals surface area contributed by atoms with Gasteiger partial charge < -0.3 is 9.88 Å². The molecule has 1 aliphatic carbocycles. The van der Waals surface area contributed by atoms with Crippen LogP contribution >= 0.6 is 0 Å². The van der Waals surface area contributed by atoms with E-state index in [2.05, 4.69) is 25.2 Å². The van der Waals surface area contributed by atoms with Gasteiger partial charge in [0.25, 0.3) is 5.56 Å². The Bertz CT molecular complexity index is 460. The van der Waals surface area contributed by atoms with Gasteiger partial charge in [0.2, 0.25) is 0 Å². The van der Waals surface area contributed by atoms with Crippen LogP contribution < -0.4 is 10.9 Å². The molecule has 0 unspecified atom stereocenters. The fourth-order valence-corrected chi connectivity index (χ4v) is 2.52. The van der Waals surface area contributed by atoms with Crippen molar-refractivity contribution in [3.63, 3.8) is 0 Å². The normalized spacial score (nSPS) is 14.4. The predicted octanol–water partition coefficient (Wildman–Crippen LogP) is 1.62.